The van der Waals surface area contributed by atoms with Gasteiger partial charge in [-0.05, 0) is 0 Å². The summed E-state index contributed by atoms with van der Waals surface area (Å²) in [5.74, 6) is 0. The Morgan fingerprint density at radius 1 is 1.60 bits per heavy atom. The summed E-state index contributed by atoms with van der Waals surface area (Å²) in [4.78, 5) is 0. The van der Waals surface area contributed by atoms with Crippen molar-refractivity contribution in [2.75, 3.05) is 6.61 Å². The lowest BCUT2D eigenvalue weighted by atomic mass is 10.4. The fraction of sp³-hybridized carbons (Fsp3) is 1.00. The number of rotatable bonds is 0. The van der Waals surface area contributed by atoms with Gasteiger partial charge in [0.2, 0.25) is 0 Å². The van der Waals surface area contributed by atoms with Crippen molar-refractivity contribution in [3.05, 3.63) is 0 Å². The molecule has 1 rings (SSSR count). The minimum absolute atomic E-state index is 0.215. The van der Waals surface area contributed by atoms with Crippen LogP contribution in [0.5, 0.6) is 0 Å². The average Bonchev–Trinajstić information content (AvgIpc) is 1.56. The SMILES string of the molecule is O=P1(I)OCCC(F)(F)O1. The molecule has 1 fully saturated rings. The number of halogens is 3. The Balaban J connectivity index is 2.66. The number of hydrogen-bond acceptors (Lipinski definition) is 3. The van der Waals surface area contributed by atoms with E-state index in [0.717, 1.165) is 0 Å². The molecule has 0 spiro atoms. The molecule has 0 aromatic carbocycles. The summed E-state index contributed by atoms with van der Waals surface area (Å²) in [7, 11) is 0. The average molecular weight is 284 g/mol. The Morgan fingerprint density at radius 3 is 2.50 bits per heavy atom. The van der Waals surface area contributed by atoms with Crippen molar-refractivity contribution in [1.82, 2.24) is 0 Å². The maximum atomic E-state index is 12.2. The molecule has 1 atom stereocenters. The van der Waals surface area contributed by atoms with Crippen molar-refractivity contribution in [2.24, 2.45) is 0 Å². The third kappa shape index (κ3) is 2.41. The lowest BCUT2D eigenvalue weighted by Crippen LogP contribution is -2.25. The second kappa shape index (κ2) is 2.66. The van der Waals surface area contributed by atoms with E-state index in [4.69, 9.17) is 0 Å². The molecular weight excluding hydrogens is 280 g/mol. The first kappa shape index (κ1) is 8.83. The molecule has 0 saturated carbocycles. The third-order valence-electron chi connectivity index (χ3n) is 0.881. The van der Waals surface area contributed by atoms with E-state index in [1.807, 2.05) is 0 Å². The number of alkyl halides is 2. The highest BCUT2D eigenvalue weighted by Crippen LogP contribution is 2.62. The molecule has 60 valence electrons. The third-order valence-corrected chi connectivity index (χ3v) is 3.28. The van der Waals surface area contributed by atoms with Crippen LogP contribution in [0.3, 0.4) is 0 Å². The van der Waals surface area contributed by atoms with E-state index in [1.54, 1.807) is 0 Å². The zero-order valence-corrected chi connectivity index (χ0v) is 7.77. The van der Waals surface area contributed by atoms with Gasteiger partial charge < -0.3 is 4.52 Å². The van der Waals surface area contributed by atoms with Crippen molar-refractivity contribution >= 4 is 27.3 Å². The van der Waals surface area contributed by atoms with E-state index in [-0.39, 0.29) is 6.61 Å². The van der Waals surface area contributed by atoms with Crippen LogP contribution in [0.2, 0.25) is 0 Å². The Kier molecular flexibility index (Phi) is 2.35. The van der Waals surface area contributed by atoms with E-state index >= 15 is 0 Å². The fourth-order valence-electron chi connectivity index (χ4n) is 0.505. The lowest BCUT2D eigenvalue weighted by Gasteiger charge is -2.25. The summed E-state index contributed by atoms with van der Waals surface area (Å²) in [6.45, 7) is -0.215. The zero-order valence-electron chi connectivity index (χ0n) is 4.72. The summed E-state index contributed by atoms with van der Waals surface area (Å²) in [6.07, 6.45) is -3.81. The summed E-state index contributed by atoms with van der Waals surface area (Å²) in [6, 6.07) is 0. The highest BCUT2D eigenvalue weighted by atomic mass is 127. The first-order valence-electron chi connectivity index (χ1n) is 2.44. The van der Waals surface area contributed by atoms with Gasteiger partial charge in [-0.2, -0.15) is 8.78 Å². The molecule has 1 unspecified atom stereocenters. The quantitative estimate of drug-likeness (QED) is 0.506. The molecule has 1 aliphatic rings. The normalized spacial score (nSPS) is 39.5. The molecule has 7 heteroatoms. The molecule has 0 aromatic rings. The topological polar surface area (TPSA) is 35.5 Å². The van der Waals surface area contributed by atoms with Crippen LogP contribution < -0.4 is 0 Å². The molecule has 1 heterocycles. The molecule has 0 amide bonds. The van der Waals surface area contributed by atoms with Gasteiger partial charge in [0.15, 0.2) is 0 Å². The molecule has 3 nitrogen and oxygen atoms in total. The van der Waals surface area contributed by atoms with Crippen LogP contribution in [-0.4, -0.2) is 12.7 Å². The van der Waals surface area contributed by atoms with Crippen LogP contribution in [0.15, 0.2) is 0 Å². The highest BCUT2D eigenvalue weighted by molar-refractivity contribution is 14.2. The van der Waals surface area contributed by atoms with Crippen LogP contribution in [-0.2, 0) is 13.6 Å². The van der Waals surface area contributed by atoms with Crippen LogP contribution >= 0.6 is 27.3 Å². The molecule has 0 aliphatic carbocycles. The Labute approximate surface area is 69.1 Å². The van der Waals surface area contributed by atoms with Gasteiger partial charge in [-0.1, -0.05) is 0 Å². The van der Waals surface area contributed by atoms with E-state index in [2.05, 4.69) is 9.05 Å². The second-order valence-corrected chi connectivity index (χ2v) is 6.59. The van der Waals surface area contributed by atoms with Crippen LogP contribution in [0.25, 0.3) is 0 Å². The smallest absolute Gasteiger partial charge is 0.301 e. The van der Waals surface area contributed by atoms with E-state index < -0.39 is 17.8 Å². The summed E-state index contributed by atoms with van der Waals surface area (Å²) < 4.78 is 43.4. The molecular formula is C3H4F2IO3P. The van der Waals surface area contributed by atoms with Gasteiger partial charge in [-0.15, -0.1) is 0 Å². The molecule has 0 bridgehead atoms. The van der Waals surface area contributed by atoms with Crippen molar-refractivity contribution < 1.29 is 22.4 Å². The van der Waals surface area contributed by atoms with Crippen LogP contribution in [0.1, 0.15) is 6.42 Å². The maximum Gasteiger partial charge on any atom is 0.393 e. The van der Waals surface area contributed by atoms with Gasteiger partial charge in [0, 0.05) is 0 Å². The molecule has 0 radical (unpaired) electrons. The predicted octanol–water partition coefficient (Wildman–Crippen LogP) is 2.56. The van der Waals surface area contributed by atoms with E-state index in [9.17, 15) is 13.3 Å². The van der Waals surface area contributed by atoms with Crippen molar-refractivity contribution in [3.8, 4) is 0 Å². The Bertz CT molecular complexity index is 185. The Hall–Kier alpha value is 0.740. The second-order valence-electron chi connectivity index (χ2n) is 1.74. The first-order valence-corrected chi connectivity index (χ1v) is 6.77. The molecule has 10 heavy (non-hydrogen) atoms. The van der Waals surface area contributed by atoms with E-state index in [0.29, 0.717) is 0 Å². The van der Waals surface area contributed by atoms with Gasteiger partial charge >= 0.3 is 11.3 Å². The maximum absolute atomic E-state index is 12.2. The molecule has 1 aliphatic heterocycles. The van der Waals surface area contributed by atoms with Gasteiger partial charge in [-0.25, -0.2) is 9.09 Å². The molecule has 0 N–H and O–H groups in total. The number of hydrogen-bond donors (Lipinski definition) is 0. The predicted molar refractivity (Wildman–Crippen MR) is 38.2 cm³/mol. The van der Waals surface area contributed by atoms with Crippen molar-refractivity contribution in [3.63, 3.8) is 0 Å². The molecule has 1 saturated heterocycles. The summed E-state index contributed by atoms with van der Waals surface area (Å²) in [5, 5.41) is -3.49. The minimum Gasteiger partial charge on any atom is -0.301 e. The standard InChI is InChI=1S/C3H4F2IO3P/c4-3(5)1-2-8-10(6,7)9-3/h1-2H2. The van der Waals surface area contributed by atoms with Crippen LogP contribution in [0, 0.1) is 0 Å². The first-order chi connectivity index (χ1) is 4.41. The highest BCUT2D eigenvalue weighted by Gasteiger charge is 2.43. The monoisotopic (exact) mass is 284 g/mol. The van der Waals surface area contributed by atoms with Gasteiger partial charge in [0.05, 0.1) is 35.1 Å². The fourth-order valence-corrected chi connectivity index (χ4v) is 2.73. The zero-order chi connectivity index (χ0) is 7.83. The largest absolute Gasteiger partial charge is 0.393 e. The van der Waals surface area contributed by atoms with Gasteiger partial charge in [0.1, 0.15) is 0 Å². The Morgan fingerprint density at radius 2 is 2.20 bits per heavy atom. The van der Waals surface area contributed by atoms with Crippen molar-refractivity contribution in [1.29, 1.82) is 0 Å². The van der Waals surface area contributed by atoms with Crippen LogP contribution in [0.4, 0.5) is 8.78 Å². The lowest BCUT2D eigenvalue weighted by molar-refractivity contribution is -0.202. The summed E-state index contributed by atoms with van der Waals surface area (Å²) in [5.41, 5.74) is 0. The minimum atomic E-state index is -3.49. The van der Waals surface area contributed by atoms with E-state index in [1.165, 1.54) is 22.0 Å². The van der Waals surface area contributed by atoms with Gasteiger partial charge in [-0.3, -0.25) is 0 Å². The molecule has 0 aromatic heterocycles. The summed E-state index contributed by atoms with van der Waals surface area (Å²) >= 11 is 1.25. The van der Waals surface area contributed by atoms with Crippen molar-refractivity contribution in [2.45, 2.75) is 12.5 Å². The van der Waals surface area contributed by atoms with Gasteiger partial charge in [0.25, 0.3) is 0 Å².